The molecule has 4 aliphatic heterocycles. The molecule has 5 aromatic carbocycles. The van der Waals surface area contributed by atoms with E-state index >= 15 is 0 Å². The van der Waals surface area contributed by atoms with E-state index < -0.39 is 12.1 Å². The number of ketones is 1. The van der Waals surface area contributed by atoms with Crippen LogP contribution >= 0.6 is 0 Å². The van der Waals surface area contributed by atoms with E-state index in [2.05, 4.69) is 15.5 Å². The minimum atomic E-state index is -0.681. The number of ether oxygens (including phenoxy) is 4. The highest BCUT2D eigenvalue weighted by Crippen LogP contribution is 2.43. The van der Waals surface area contributed by atoms with E-state index in [0.29, 0.717) is 89.1 Å². The fraction of sp³-hybridized carbons (Fsp3) is 0.300. The third-order valence-electron chi connectivity index (χ3n) is 12.4. The number of nitrogens with one attached hydrogen (secondary N) is 2. The topological polar surface area (TPSA) is 156 Å². The Balaban J connectivity index is 0.983. The van der Waals surface area contributed by atoms with Gasteiger partial charge in [-0.3, -0.25) is 33.8 Å². The Hall–Kier alpha value is -7.35. The van der Waals surface area contributed by atoms with E-state index in [9.17, 15) is 24.0 Å². The summed E-state index contributed by atoms with van der Waals surface area (Å²) in [5.74, 6) is 0.276. The Bertz CT molecular complexity index is 2570. The zero-order valence-corrected chi connectivity index (χ0v) is 36.4. The highest BCUT2D eigenvalue weighted by atomic mass is 16.5. The zero-order chi connectivity index (χ0) is 44.8. The van der Waals surface area contributed by atoms with Crippen LogP contribution in [0.25, 0.3) is 0 Å². The smallest absolute Gasteiger partial charge is 0.261 e. The minimum Gasteiger partial charge on any atom is -0.493 e. The number of fused-ring (bicyclic) bond motifs is 8. The first-order valence-corrected chi connectivity index (χ1v) is 21.4. The quantitative estimate of drug-likeness (QED) is 0.116. The van der Waals surface area contributed by atoms with Gasteiger partial charge >= 0.3 is 0 Å². The van der Waals surface area contributed by atoms with Crippen LogP contribution in [0, 0.1) is 5.92 Å². The van der Waals surface area contributed by atoms with Crippen molar-refractivity contribution in [2.45, 2.75) is 64.8 Å². The molecule has 4 amide bonds. The van der Waals surface area contributed by atoms with E-state index in [1.807, 2.05) is 87.6 Å². The van der Waals surface area contributed by atoms with Crippen molar-refractivity contribution in [1.82, 2.24) is 0 Å². The van der Waals surface area contributed by atoms with E-state index in [-0.39, 0.29) is 48.5 Å². The first kappa shape index (κ1) is 42.0. The van der Waals surface area contributed by atoms with Crippen LogP contribution in [0.2, 0.25) is 0 Å². The second kappa shape index (κ2) is 17.1. The molecule has 14 heteroatoms. The first-order valence-electron chi connectivity index (χ1n) is 21.4. The fourth-order valence-corrected chi connectivity index (χ4v) is 8.97. The molecule has 0 fully saturated rings. The predicted octanol–water partition coefficient (Wildman–Crippen LogP) is 7.35. The van der Waals surface area contributed by atoms with Crippen molar-refractivity contribution in [1.29, 1.82) is 0 Å². The van der Waals surface area contributed by atoms with Crippen molar-refractivity contribution in [3.05, 3.63) is 124 Å². The van der Waals surface area contributed by atoms with Gasteiger partial charge in [0.2, 0.25) is 11.8 Å². The number of benzene rings is 5. The number of carbonyl (C=O) groups excluding carboxylic acids is 5. The van der Waals surface area contributed by atoms with Crippen LogP contribution in [0.3, 0.4) is 0 Å². The Kier molecular flexibility index (Phi) is 11.2. The maximum atomic E-state index is 14.0. The molecule has 328 valence electrons. The molecule has 0 saturated heterocycles. The van der Waals surface area contributed by atoms with Crippen molar-refractivity contribution >= 4 is 57.8 Å². The molecule has 0 unspecified atom stereocenters. The lowest BCUT2D eigenvalue weighted by Crippen LogP contribution is -2.42. The Morgan fingerprint density at radius 1 is 0.672 bits per heavy atom. The molecular weight excluding hydrogens is 815 g/mol. The average molecular weight is 864 g/mol. The van der Waals surface area contributed by atoms with Crippen molar-refractivity contribution in [2.24, 2.45) is 5.92 Å². The number of hydrogen-bond donors (Lipinski definition) is 2. The van der Waals surface area contributed by atoms with E-state index in [1.165, 1.54) is 14.2 Å². The summed E-state index contributed by atoms with van der Waals surface area (Å²) in [6, 6.07) is 26.1. The molecule has 0 saturated carbocycles. The summed E-state index contributed by atoms with van der Waals surface area (Å²) in [7, 11) is 4.96. The first-order chi connectivity index (χ1) is 30.9. The van der Waals surface area contributed by atoms with E-state index in [4.69, 9.17) is 18.9 Å². The Morgan fingerprint density at radius 3 is 1.59 bits per heavy atom. The van der Waals surface area contributed by atoms with Crippen molar-refractivity contribution in [2.75, 3.05) is 53.1 Å². The van der Waals surface area contributed by atoms with Crippen LogP contribution < -0.4 is 44.3 Å². The minimum absolute atomic E-state index is 0.0370. The normalized spacial score (nSPS) is 16.9. The summed E-state index contributed by atoms with van der Waals surface area (Å²) < 4.78 is 24.3. The number of anilines is 5. The van der Waals surface area contributed by atoms with Gasteiger partial charge in [-0.2, -0.15) is 0 Å². The summed E-state index contributed by atoms with van der Waals surface area (Å²) in [6.07, 6.45) is 1.96. The number of nitrogens with zero attached hydrogens (tertiary/aromatic N) is 3. The third-order valence-corrected chi connectivity index (χ3v) is 12.4. The summed E-state index contributed by atoms with van der Waals surface area (Å²) in [6.45, 7) is 4.59. The van der Waals surface area contributed by atoms with E-state index in [1.54, 1.807) is 34.1 Å². The van der Waals surface area contributed by atoms with Crippen molar-refractivity contribution in [3.63, 3.8) is 0 Å². The lowest BCUT2D eigenvalue weighted by atomic mass is 10.0. The van der Waals surface area contributed by atoms with Gasteiger partial charge in [-0.1, -0.05) is 50.2 Å². The third kappa shape index (κ3) is 7.73. The van der Waals surface area contributed by atoms with Crippen LogP contribution in [-0.4, -0.2) is 69.3 Å². The number of rotatable bonds is 14. The number of hydrogen-bond acceptors (Lipinski definition) is 10. The summed E-state index contributed by atoms with van der Waals surface area (Å²) >= 11 is 0. The molecule has 0 radical (unpaired) electrons. The molecule has 0 spiro atoms. The van der Waals surface area contributed by atoms with Crippen LogP contribution in [0.5, 0.6) is 23.0 Å². The molecule has 2 N–H and O–H groups in total. The maximum Gasteiger partial charge on any atom is 0.261 e. The molecular formula is C50H49N5O9. The second-order valence-electron chi connectivity index (χ2n) is 16.9. The molecule has 2 atom stereocenters. The van der Waals surface area contributed by atoms with Gasteiger partial charge in [-0.15, -0.1) is 0 Å². The van der Waals surface area contributed by atoms with Gasteiger partial charge < -0.3 is 34.5 Å². The summed E-state index contributed by atoms with van der Waals surface area (Å²) in [4.78, 5) is 72.8. The van der Waals surface area contributed by atoms with E-state index in [0.717, 1.165) is 27.9 Å². The zero-order valence-electron chi connectivity index (χ0n) is 36.4. The van der Waals surface area contributed by atoms with Crippen LogP contribution in [-0.2, 0) is 40.4 Å². The van der Waals surface area contributed by atoms with Gasteiger partial charge in [-0.25, -0.2) is 0 Å². The molecule has 5 aromatic rings. The summed E-state index contributed by atoms with van der Waals surface area (Å²) in [5, 5.41) is 5.92. The monoisotopic (exact) mass is 863 g/mol. The molecule has 4 heterocycles. The molecule has 14 nitrogen and oxygen atoms in total. The lowest BCUT2D eigenvalue weighted by molar-refractivity contribution is -0.122. The number of methoxy groups -OCH3 is 2. The molecule has 0 aromatic heterocycles. The largest absolute Gasteiger partial charge is 0.493 e. The molecule has 0 aliphatic carbocycles. The van der Waals surface area contributed by atoms with Crippen LogP contribution in [0.1, 0.15) is 69.7 Å². The highest BCUT2D eigenvalue weighted by molar-refractivity contribution is 6.21. The van der Waals surface area contributed by atoms with Crippen LogP contribution in [0.15, 0.2) is 91.0 Å². The van der Waals surface area contributed by atoms with Gasteiger partial charge in [0, 0.05) is 68.0 Å². The molecule has 64 heavy (non-hydrogen) atoms. The van der Waals surface area contributed by atoms with Gasteiger partial charge in [0.1, 0.15) is 31.1 Å². The molecule has 0 bridgehead atoms. The number of Topliss-reactive ketones (excluding diaryl/α,β-unsaturated/α-hetero) is 1. The van der Waals surface area contributed by atoms with Gasteiger partial charge in [0.05, 0.1) is 36.7 Å². The molecule has 4 aliphatic rings. The van der Waals surface area contributed by atoms with Gasteiger partial charge in [0.25, 0.3) is 11.8 Å². The predicted molar refractivity (Wildman–Crippen MR) is 242 cm³/mol. The molecule has 9 rings (SSSR count). The fourth-order valence-electron chi connectivity index (χ4n) is 8.97. The maximum absolute atomic E-state index is 14.0. The SMILES string of the molecule is COc1cc2c(cc1OCc1cc(COc3cc4c(cc3OC)C(=O)N3c5ccccc5C[C@H]3C(=O)N4)cc(N(C)CCCC(=O)C(C)C)c1)NC(=O)[C@@H]1Cc3ccccc3N1C2=O. The lowest BCUT2D eigenvalue weighted by Gasteiger charge is -2.22. The summed E-state index contributed by atoms with van der Waals surface area (Å²) in [5.41, 5.74) is 6.95. The Morgan fingerprint density at radius 2 is 1.14 bits per heavy atom. The van der Waals surface area contributed by atoms with Gasteiger partial charge in [-0.05, 0) is 71.1 Å². The second-order valence-corrected chi connectivity index (χ2v) is 16.9. The van der Waals surface area contributed by atoms with Crippen LogP contribution in [0.4, 0.5) is 28.4 Å². The number of amides is 4. The average Bonchev–Trinajstić information content (AvgIpc) is 3.84. The Labute approximate surface area is 371 Å². The standard InChI is InChI=1S/C50H49N5O9/c1-28(2)42(56)15-10-16-53(3)33-18-29(26-63-45-24-36-34(22-43(45)61-4)49(59)54-38-13-8-6-11-31(38)20-40(54)47(57)51-36)17-30(19-33)27-64-46-25-37-35(23-44(46)62-5)50(60)55-39-14-9-7-12-32(39)21-41(55)48(58)52-37/h6-9,11-14,17-19,22-25,28,40-41H,10,15-16,20-21,26-27H2,1-5H3,(H,51,57)(H,52,58)/t40-,41-/m0/s1. The van der Waals surface area contributed by atoms with Gasteiger partial charge in [0.15, 0.2) is 23.0 Å². The highest BCUT2D eigenvalue weighted by Gasteiger charge is 2.44. The number of carbonyl (C=O) groups is 5. The number of para-hydroxylation sites is 2. The van der Waals surface area contributed by atoms with Crippen molar-refractivity contribution in [3.8, 4) is 23.0 Å². The van der Waals surface area contributed by atoms with Crippen molar-refractivity contribution < 1.29 is 42.9 Å².